The van der Waals surface area contributed by atoms with Gasteiger partial charge in [-0.05, 0) is 41.3 Å². The van der Waals surface area contributed by atoms with E-state index in [1.165, 1.54) is 17.7 Å². The minimum atomic E-state index is -0.412. The summed E-state index contributed by atoms with van der Waals surface area (Å²) in [5.41, 5.74) is 2.71. The molecule has 142 valence electrons. The summed E-state index contributed by atoms with van der Waals surface area (Å²) in [5, 5.41) is 2.77. The van der Waals surface area contributed by atoms with Gasteiger partial charge in [0.15, 0.2) is 0 Å². The number of carbonyl (C=O) groups excluding carboxylic acids is 2. The van der Waals surface area contributed by atoms with E-state index in [1.54, 1.807) is 17.0 Å². The first-order chi connectivity index (χ1) is 12.9. The van der Waals surface area contributed by atoms with Gasteiger partial charge in [0.2, 0.25) is 5.91 Å². The molecule has 1 aliphatic rings. The van der Waals surface area contributed by atoms with Crippen LogP contribution in [0.25, 0.3) is 0 Å². The molecular weight excluding hydrogens is 347 g/mol. The van der Waals surface area contributed by atoms with Gasteiger partial charge in [-0.1, -0.05) is 38.1 Å². The normalized spacial score (nSPS) is 16.5. The Morgan fingerprint density at radius 1 is 1.19 bits per heavy atom. The molecule has 1 saturated heterocycles. The molecule has 1 heterocycles. The van der Waals surface area contributed by atoms with E-state index in [4.69, 9.17) is 4.74 Å². The highest BCUT2D eigenvalue weighted by Gasteiger charge is 2.32. The zero-order valence-electron chi connectivity index (χ0n) is 15.4. The number of cyclic esters (lactones) is 1. The molecule has 2 aromatic carbocycles. The van der Waals surface area contributed by atoms with Crippen LogP contribution in [0.15, 0.2) is 48.5 Å². The van der Waals surface area contributed by atoms with Gasteiger partial charge >= 0.3 is 6.09 Å². The van der Waals surface area contributed by atoms with Crippen molar-refractivity contribution < 1.29 is 18.7 Å². The van der Waals surface area contributed by atoms with Crippen molar-refractivity contribution in [3.8, 4) is 0 Å². The van der Waals surface area contributed by atoms with E-state index in [0.717, 1.165) is 11.3 Å². The van der Waals surface area contributed by atoms with Crippen molar-refractivity contribution >= 4 is 17.7 Å². The van der Waals surface area contributed by atoms with Crippen molar-refractivity contribution in [1.29, 1.82) is 0 Å². The molecule has 1 N–H and O–H groups in total. The van der Waals surface area contributed by atoms with Crippen LogP contribution in [0.1, 0.15) is 30.9 Å². The predicted octanol–water partition coefficient (Wildman–Crippen LogP) is 3.63. The molecule has 2 amide bonds. The second-order valence-corrected chi connectivity index (χ2v) is 6.97. The van der Waals surface area contributed by atoms with Gasteiger partial charge in [-0.2, -0.15) is 0 Å². The zero-order valence-corrected chi connectivity index (χ0v) is 15.4. The van der Waals surface area contributed by atoms with Gasteiger partial charge in [0.1, 0.15) is 11.9 Å². The van der Waals surface area contributed by atoms with Gasteiger partial charge in [-0.15, -0.1) is 0 Å². The van der Waals surface area contributed by atoms with Crippen molar-refractivity contribution in [3.05, 3.63) is 65.5 Å². The van der Waals surface area contributed by atoms with E-state index in [2.05, 4.69) is 19.2 Å². The van der Waals surface area contributed by atoms with Crippen molar-refractivity contribution in [2.24, 2.45) is 0 Å². The van der Waals surface area contributed by atoms with E-state index in [1.807, 2.05) is 24.3 Å². The lowest BCUT2D eigenvalue weighted by atomic mass is 10.0. The fraction of sp³-hybridized carbons (Fsp3) is 0.333. The third kappa shape index (κ3) is 4.84. The molecule has 1 atom stereocenters. The fourth-order valence-electron chi connectivity index (χ4n) is 2.96. The molecule has 3 rings (SSSR count). The molecule has 1 fully saturated rings. The monoisotopic (exact) mass is 370 g/mol. The number of hydrogen-bond donors (Lipinski definition) is 1. The maximum Gasteiger partial charge on any atom is 0.414 e. The first kappa shape index (κ1) is 18.9. The minimum Gasteiger partial charge on any atom is -0.442 e. The van der Waals surface area contributed by atoms with Crippen molar-refractivity contribution in [2.45, 2.75) is 32.3 Å². The number of halogens is 1. The zero-order chi connectivity index (χ0) is 19.4. The largest absolute Gasteiger partial charge is 0.442 e. The molecule has 27 heavy (non-hydrogen) atoms. The molecular formula is C21H23FN2O3. The average molecular weight is 370 g/mol. The van der Waals surface area contributed by atoms with Crippen LogP contribution in [0.3, 0.4) is 0 Å². The number of ether oxygens (including phenoxy) is 1. The second-order valence-electron chi connectivity index (χ2n) is 6.97. The number of nitrogens with zero attached hydrogens (tertiary/aromatic N) is 1. The summed E-state index contributed by atoms with van der Waals surface area (Å²) in [6.07, 6.45) is -0.661. The highest BCUT2D eigenvalue weighted by atomic mass is 19.1. The van der Waals surface area contributed by atoms with E-state index < -0.39 is 12.2 Å². The van der Waals surface area contributed by atoms with Crippen LogP contribution in [-0.4, -0.2) is 31.2 Å². The number of carbonyl (C=O) groups is 2. The maximum absolute atomic E-state index is 12.9. The number of anilines is 1. The number of nitrogens with one attached hydrogen (secondary N) is 1. The Labute approximate surface area is 158 Å². The fourth-order valence-corrected chi connectivity index (χ4v) is 2.96. The van der Waals surface area contributed by atoms with Gasteiger partial charge in [0, 0.05) is 5.69 Å². The summed E-state index contributed by atoms with van der Waals surface area (Å²) >= 11 is 0. The lowest BCUT2D eigenvalue weighted by molar-refractivity contribution is -0.120. The van der Waals surface area contributed by atoms with E-state index >= 15 is 0 Å². The molecule has 0 radical (unpaired) electrons. The third-order valence-electron chi connectivity index (χ3n) is 4.55. The van der Waals surface area contributed by atoms with E-state index in [-0.39, 0.29) is 24.7 Å². The van der Waals surface area contributed by atoms with Crippen molar-refractivity contribution in [2.75, 3.05) is 18.0 Å². The van der Waals surface area contributed by atoms with Crippen LogP contribution in [0.2, 0.25) is 0 Å². The SMILES string of the molecule is CC(C)c1ccc(N2CC(CNC(=O)Cc3ccc(F)cc3)OC2=O)cc1. The molecule has 0 aliphatic carbocycles. The first-order valence-corrected chi connectivity index (χ1v) is 9.01. The second kappa shape index (κ2) is 8.20. The number of amides is 2. The summed E-state index contributed by atoms with van der Waals surface area (Å²) in [6.45, 7) is 4.86. The lowest BCUT2D eigenvalue weighted by Gasteiger charge is -2.14. The van der Waals surface area contributed by atoms with Crippen LogP contribution >= 0.6 is 0 Å². The van der Waals surface area contributed by atoms with Crippen LogP contribution in [0, 0.1) is 5.82 Å². The summed E-state index contributed by atoms with van der Waals surface area (Å²) in [5.74, 6) is -0.107. The topological polar surface area (TPSA) is 58.6 Å². The van der Waals surface area contributed by atoms with Gasteiger partial charge in [-0.3, -0.25) is 9.69 Å². The standard InChI is InChI=1S/C21H23FN2O3/c1-14(2)16-5-9-18(10-6-16)24-13-19(27-21(24)26)12-23-20(25)11-15-3-7-17(22)8-4-15/h3-10,14,19H,11-13H2,1-2H3,(H,23,25). The van der Waals surface area contributed by atoms with Gasteiger partial charge in [0.25, 0.3) is 0 Å². The third-order valence-corrected chi connectivity index (χ3v) is 4.55. The van der Waals surface area contributed by atoms with Crippen LogP contribution < -0.4 is 10.2 Å². The van der Waals surface area contributed by atoms with Crippen LogP contribution in [-0.2, 0) is 16.0 Å². The minimum absolute atomic E-state index is 0.154. The van der Waals surface area contributed by atoms with Crippen LogP contribution in [0.4, 0.5) is 14.9 Å². The predicted molar refractivity (Wildman–Crippen MR) is 101 cm³/mol. The average Bonchev–Trinajstić information content (AvgIpc) is 3.03. The highest BCUT2D eigenvalue weighted by molar-refractivity contribution is 5.89. The summed E-state index contributed by atoms with van der Waals surface area (Å²) in [7, 11) is 0. The molecule has 5 nitrogen and oxygen atoms in total. The Balaban J connectivity index is 1.51. The van der Waals surface area contributed by atoms with E-state index in [0.29, 0.717) is 12.5 Å². The Bertz CT molecular complexity index is 803. The Morgan fingerprint density at radius 2 is 1.85 bits per heavy atom. The molecule has 0 aromatic heterocycles. The van der Waals surface area contributed by atoms with Gasteiger partial charge < -0.3 is 10.1 Å². The smallest absolute Gasteiger partial charge is 0.414 e. The number of benzene rings is 2. The van der Waals surface area contributed by atoms with E-state index in [9.17, 15) is 14.0 Å². The first-order valence-electron chi connectivity index (χ1n) is 9.01. The highest BCUT2D eigenvalue weighted by Crippen LogP contribution is 2.24. The lowest BCUT2D eigenvalue weighted by Crippen LogP contribution is -2.35. The maximum atomic E-state index is 12.9. The Hall–Kier alpha value is -2.89. The summed E-state index contributed by atoms with van der Waals surface area (Å²) < 4.78 is 18.2. The molecule has 1 unspecified atom stereocenters. The molecule has 6 heteroatoms. The number of rotatable bonds is 6. The van der Waals surface area contributed by atoms with Crippen molar-refractivity contribution in [3.63, 3.8) is 0 Å². The molecule has 2 aromatic rings. The molecule has 0 bridgehead atoms. The summed E-state index contributed by atoms with van der Waals surface area (Å²) in [6, 6.07) is 13.6. The molecule has 0 spiro atoms. The van der Waals surface area contributed by atoms with Gasteiger partial charge in [-0.25, -0.2) is 9.18 Å². The van der Waals surface area contributed by atoms with Gasteiger partial charge in [0.05, 0.1) is 19.5 Å². The number of hydrogen-bond acceptors (Lipinski definition) is 3. The quantitative estimate of drug-likeness (QED) is 0.845. The molecule has 0 saturated carbocycles. The Kier molecular flexibility index (Phi) is 5.74. The van der Waals surface area contributed by atoms with Crippen LogP contribution in [0.5, 0.6) is 0 Å². The van der Waals surface area contributed by atoms with Crippen molar-refractivity contribution in [1.82, 2.24) is 5.32 Å². The molecule has 1 aliphatic heterocycles. The Morgan fingerprint density at radius 3 is 2.48 bits per heavy atom. The summed E-state index contributed by atoms with van der Waals surface area (Å²) in [4.78, 5) is 25.7.